The number of Topliss-reactive ketones (excluding diaryl/α,β-unsaturated/α-hetero) is 1. The lowest BCUT2D eigenvalue weighted by Crippen LogP contribution is -2.39. The van der Waals surface area contributed by atoms with Crippen LogP contribution in [0.25, 0.3) is 0 Å². The van der Waals surface area contributed by atoms with Crippen LogP contribution in [0.15, 0.2) is 11.1 Å². The van der Waals surface area contributed by atoms with E-state index in [-0.39, 0.29) is 26.4 Å². The van der Waals surface area contributed by atoms with Gasteiger partial charge in [0.15, 0.2) is 5.78 Å². The second kappa shape index (κ2) is 13.7. The maximum Gasteiger partial charge on any atom is 0.244 e. The Balaban J connectivity index is 0.000000713. The van der Waals surface area contributed by atoms with Crippen molar-refractivity contribution < 1.29 is 19.5 Å². The number of nitrogens with two attached hydrogens (primary N) is 1. The number of aliphatic hydroxyl groups is 1. The number of hydrogen-bond donors (Lipinski definition) is 3. The van der Waals surface area contributed by atoms with Gasteiger partial charge in [-0.2, -0.15) is 0 Å². The van der Waals surface area contributed by atoms with Gasteiger partial charge in [0.1, 0.15) is 11.6 Å². The number of carbonyl (C=O) groups is 3. The van der Waals surface area contributed by atoms with Crippen LogP contribution in [0.4, 0.5) is 0 Å². The number of primary amides is 1. The summed E-state index contributed by atoms with van der Waals surface area (Å²) in [5.41, 5.74) is 5.26. The molecule has 1 rings (SSSR count). The molecule has 0 spiro atoms. The van der Waals surface area contributed by atoms with Gasteiger partial charge in [-0.25, -0.2) is 0 Å². The van der Waals surface area contributed by atoms with Crippen molar-refractivity contribution in [2.24, 2.45) is 5.73 Å². The first-order chi connectivity index (χ1) is 12.6. The van der Waals surface area contributed by atoms with Crippen LogP contribution in [-0.4, -0.2) is 46.5 Å². The van der Waals surface area contributed by atoms with Crippen molar-refractivity contribution in [2.75, 3.05) is 7.05 Å². The van der Waals surface area contributed by atoms with E-state index in [9.17, 15) is 14.4 Å². The Morgan fingerprint density at radius 2 is 1.81 bits per heavy atom. The molecule has 4 N–H and O–H groups in total. The van der Waals surface area contributed by atoms with Gasteiger partial charge in [0.2, 0.25) is 11.8 Å². The molecule has 1 aliphatic rings. The summed E-state index contributed by atoms with van der Waals surface area (Å²) in [7, 11) is 1.55. The lowest BCUT2D eigenvalue weighted by Gasteiger charge is -2.19. The fourth-order valence-corrected chi connectivity index (χ4v) is 3.69. The average molecular weight is 401 g/mol. The number of allylic oxidation sites excluding steroid dienone is 1. The molecule has 2 amide bonds. The molecule has 0 aliphatic carbocycles. The molecule has 156 valence electrons. The normalized spacial score (nSPS) is 17.8. The van der Waals surface area contributed by atoms with Crippen molar-refractivity contribution in [2.45, 2.75) is 84.5 Å². The van der Waals surface area contributed by atoms with Crippen LogP contribution in [0.5, 0.6) is 0 Å². The van der Waals surface area contributed by atoms with Crippen molar-refractivity contribution in [1.29, 1.82) is 0 Å². The first-order valence-corrected chi connectivity index (χ1v) is 10.8. The molecule has 3 unspecified atom stereocenters. The molecule has 3 atom stereocenters. The highest BCUT2D eigenvalue weighted by Gasteiger charge is 2.33. The SMILES string of the molecule is CCCCC(=O)C1=C(N(C)C(C)=O)NC(C(N)=O)P1.CCCCCC(C)O. The Labute approximate surface area is 164 Å². The number of hydrogen-bond acceptors (Lipinski definition) is 5. The molecule has 8 heteroatoms. The van der Waals surface area contributed by atoms with E-state index >= 15 is 0 Å². The van der Waals surface area contributed by atoms with Crippen LogP contribution in [0.3, 0.4) is 0 Å². The molecule has 0 aromatic rings. The number of aliphatic hydroxyl groups excluding tert-OH is 1. The zero-order chi connectivity index (χ0) is 21.0. The Kier molecular flexibility index (Phi) is 12.9. The number of ketones is 1. The van der Waals surface area contributed by atoms with Gasteiger partial charge >= 0.3 is 0 Å². The summed E-state index contributed by atoms with van der Waals surface area (Å²) in [6.45, 7) is 7.42. The summed E-state index contributed by atoms with van der Waals surface area (Å²) in [6, 6.07) is 0. The maximum absolute atomic E-state index is 12.1. The van der Waals surface area contributed by atoms with E-state index in [1.807, 2.05) is 13.8 Å². The van der Waals surface area contributed by atoms with Crippen molar-refractivity contribution in [3.05, 3.63) is 11.1 Å². The van der Waals surface area contributed by atoms with E-state index < -0.39 is 11.7 Å². The van der Waals surface area contributed by atoms with E-state index in [4.69, 9.17) is 10.8 Å². The lowest BCUT2D eigenvalue weighted by molar-refractivity contribution is -0.126. The standard InChI is InChI=1S/C12H20N3O3P.C7H16O/c1-4-5-6-8(17)9-11(15(3)7(2)16)14-12(19-9)10(13)18;1-3-4-5-6-7(2)8/h12,14,19H,4-6H2,1-3H3,(H2,13,18);7-8H,3-6H2,1-2H3. The summed E-state index contributed by atoms with van der Waals surface area (Å²) in [6.07, 6.45) is 6.69. The number of nitrogens with one attached hydrogen (secondary N) is 1. The molecular weight excluding hydrogens is 365 g/mol. The molecule has 0 saturated carbocycles. The zero-order valence-electron chi connectivity index (χ0n) is 17.3. The number of nitrogens with zero attached hydrogens (tertiary/aromatic N) is 1. The van der Waals surface area contributed by atoms with Crippen molar-refractivity contribution in [3.8, 4) is 0 Å². The third kappa shape index (κ3) is 9.87. The average Bonchev–Trinajstić information content (AvgIpc) is 3.05. The van der Waals surface area contributed by atoms with Gasteiger partial charge < -0.3 is 21.1 Å². The van der Waals surface area contributed by atoms with Gasteiger partial charge in [0.25, 0.3) is 0 Å². The highest BCUT2D eigenvalue weighted by atomic mass is 31.1. The molecule has 0 aromatic carbocycles. The summed E-state index contributed by atoms with van der Waals surface area (Å²) in [5, 5.41) is 12.2. The Bertz CT molecular complexity index is 535. The van der Waals surface area contributed by atoms with Gasteiger partial charge in [0, 0.05) is 20.4 Å². The molecule has 7 nitrogen and oxygen atoms in total. The Morgan fingerprint density at radius 1 is 1.22 bits per heavy atom. The summed E-state index contributed by atoms with van der Waals surface area (Å²) >= 11 is 0. The number of rotatable bonds is 10. The number of unbranched alkanes of at least 4 members (excludes halogenated alkanes) is 3. The molecule has 0 bridgehead atoms. The molecule has 0 saturated heterocycles. The molecule has 0 aromatic heterocycles. The van der Waals surface area contributed by atoms with Crippen LogP contribution >= 0.6 is 8.58 Å². The van der Waals surface area contributed by atoms with Crippen LogP contribution in [-0.2, 0) is 14.4 Å². The van der Waals surface area contributed by atoms with E-state index in [1.54, 1.807) is 7.05 Å². The first kappa shape index (κ1) is 25.5. The summed E-state index contributed by atoms with van der Waals surface area (Å²) in [5.74, 6) is -0.878. The van der Waals surface area contributed by atoms with Crippen LogP contribution < -0.4 is 11.1 Å². The van der Waals surface area contributed by atoms with Gasteiger partial charge in [-0.3, -0.25) is 14.4 Å². The predicted octanol–water partition coefficient (Wildman–Crippen LogP) is 2.43. The fourth-order valence-electron chi connectivity index (χ4n) is 2.39. The van der Waals surface area contributed by atoms with Gasteiger partial charge in [-0.1, -0.05) is 39.5 Å². The molecule has 0 fully saturated rings. The molecular formula is C19H36N3O4P. The topological polar surface area (TPSA) is 113 Å². The van der Waals surface area contributed by atoms with Crippen molar-refractivity contribution in [3.63, 3.8) is 0 Å². The largest absolute Gasteiger partial charge is 0.393 e. The highest BCUT2D eigenvalue weighted by Crippen LogP contribution is 2.39. The lowest BCUT2D eigenvalue weighted by atomic mass is 10.1. The first-order valence-electron chi connectivity index (χ1n) is 9.67. The second-order valence-corrected chi connectivity index (χ2v) is 8.16. The third-order valence-electron chi connectivity index (χ3n) is 4.16. The second-order valence-electron chi connectivity index (χ2n) is 6.80. The quantitative estimate of drug-likeness (QED) is 0.384. The van der Waals surface area contributed by atoms with Gasteiger partial charge in [-0.05, 0) is 28.3 Å². The maximum atomic E-state index is 12.1. The number of amides is 2. The van der Waals surface area contributed by atoms with E-state index in [0.29, 0.717) is 17.6 Å². The summed E-state index contributed by atoms with van der Waals surface area (Å²) in [4.78, 5) is 36.1. The minimum Gasteiger partial charge on any atom is -0.393 e. The minimum absolute atomic E-state index is 0.0143. The van der Waals surface area contributed by atoms with E-state index in [2.05, 4.69) is 12.2 Å². The van der Waals surface area contributed by atoms with Crippen LogP contribution in [0.1, 0.15) is 72.6 Å². The van der Waals surface area contributed by atoms with E-state index in [0.717, 1.165) is 19.3 Å². The highest BCUT2D eigenvalue weighted by molar-refractivity contribution is 7.47. The monoisotopic (exact) mass is 401 g/mol. The summed E-state index contributed by atoms with van der Waals surface area (Å²) < 4.78 is 0. The van der Waals surface area contributed by atoms with E-state index in [1.165, 1.54) is 31.1 Å². The molecule has 27 heavy (non-hydrogen) atoms. The van der Waals surface area contributed by atoms with Gasteiger partial charge in [0.05, 0.1) is 11.4 Å². The van der Waals surface area contributed by atoms with Crippen LogP contribution in [0.2, 0.25) is 0 Å². The molecule has 0 radical (unpaired) electrons. The number of carbonyl (C=O) groups excluding carboxylic acids is 3. The molecule has 1 heterocycles. The minimum atomic E-state index is -0.586. The Morgan fingerprint density at radius 3 is 2.26 bits per heavy atom. The van der Waals surface area contributed by atoms with Crippen molar-refractivity contribution >= 4 is 26.2 Å². The van der Waals surface area contributed by atoms with Crippen molar-refractivity contribution in [1.82, 2.24) is 10.2 Å². The smallest absolute Gasteiger partial charge is 0.244 e. The molecule has 1 aliphatic heterocycles. The van der Waals surface area contributed by atoms with Gasteiger partial charge in [-0.15, -0.1) is 0 Å². The zero-order valence-corrected chi connectivity index (χ0v) is 18.3. The Hall–Kier alpha value is -1.46. The fraction of sp³-hybridized carbons (Fsp3) is 0.737. The third-order valence-corrected chi connectivity index (χ3v) is 5.68. The van der Waals surface area contributed by atoms with Crippen LogP contribution in [0, 0.1) is 0 Å². The predicted molar refractivity (Wildman–Crippen MR) is 110 cm³/mol.